The number of nitrogens with zero attached hydrogens (tertiary/aromatic N) is 2. The highest BCUT2D eigenvalue weighted by Crippen LogP contribution is 2.47. The van der Waals surface area contributed by atoms with Gasteiger partial charge in [0.2, 0.25) is 0 Å². The van der Waals surface area contributed by atoms with Crippen LogP contribution in [-0.2, 0) is 0 Å². The van der Waals surface area contributed by atoms with Gasteiger partial charge < -0.3 is 0 Å². The maximum Gasteiger partial charge on any atom is 0.195 e. The van der Waals surface area contributed by atoms with Crippen molar-refractivity contribution in [2.24, 2.45) is 0 Å². The molecular weight excluding hydrogens is 569 g/mol. The topological polar surface area (TPSA) is 17.8 Å². The predicted octanol–water partition coefficient (Wildman–Crippen LogP) is 11.8. The SMILES string of the molecule is c1ccc(-c2cc3sc(-n4c5ccccc5c5ccc6sc7ccccc7c6c54)nc3c3c2sc2ccccc23)cc1. The second kappa shape index (κ2) is 8.49. The Bertz CT molecular complexity index is 2690. The molecule has 10 rings (SSSR count). The monoisotopic (exact) mass is 588 g/mol. The van der Waals surface area contributed by atoms with Crippen molar-refractivity contribution in [2.75, 3.05) is 0 Å². The molecule has 10 aromatic rings. The van der Waals surface area contributed by atoms with E-state index in [4.69, 9.17) is 4.98 Å². The summed E-state index contributed by atoms with van der Waals surface area (Å²) in [6.45, 7) is 0. The normalized spacial score (nSPS) is 12.3. The Hall–Kier alpha value is -4.55. The molecule has 0 amide bonds. The Morgan fingerprint density at radius 2 is 1.19 bits per heavy atom. The molecule has 0 unspecified atom stereocenters. The van der Waals surface area contributed by atoms with Crippen molar-refractivity contribution in [3.05, 3.63) is 121 Å². The van der Waals surface area contributed by atoms with E-state index in [1.54, 1.807) is 11.3 Å². The fraction of sp³-hybridized carbons (Fsp3) is 0. The Labute approximate surface area is 252 Å². The maximum atomic E-state index is 5.50. The van der Waals surface area contributed by atoms with E-state index in [0.29, 0.717) is 0 Å². The van der Waals surface area contributed by atoms with E-state index in [2.05, 4.69) is 126 Å². The summed E-state index contributed by atoms with van der Waals surface area (Å²) < 4.78 is 8.88. The molecule has 0 bridgehead atoms. The van der Waals surface area contributed by atoms with Gasteiger partial charge in [0.25, 0.3) is 0 Å². The van der Waals surface area contributed by atoms with Crippen LogP contribution in [0.15, 0.2) is 121 Å². The highest BCUT2D eigenvalue weighted by Gasteiger charge is 2.22. The largest absolute Gasteiger partial charge is 0.285 e. The van der Waals surface area contributed by atoms with Crippen molar-refractivity contribution in [2.45, 2.75) is 0 Å². The molecule has 0 spiro atoms. The molecule has 0 aliphatic carbocycles. The Morgan fingerprint density at radius 3 is 2.02 bits per heavy atom. The molecule has 5 heteroatoms. The predicted molar refractivity (Wildman–Crippen MR) is 185 cm³/mol. The van der Waals surface area contributed by atoms with Crippen LogP contribution in [0.25, 0.3) is 88.6 Å². The first kappa shape index (κ1) is 23.1. The van der Waals surface area contributed by atoms with Gasteiger partial charge in [-0.15, -0.1) is 22.7 Å². The molecule has 0 aliphatic rings. The van der Waals surface area contributed by atoms with E-state index < -0.39 is 0 Å². The van der Waals surface area contributed by atoms with Gasteiger partial charge in [-0.3, -0.25) is 4.57 Å². The molecule has 2 nitrogen and oxygen atoms in total. The van der Waals surface area contributed by atoms with Crippen LogP contribution < -0.4 is 0 Å². The summed E-state index contributed by atoms with van der Waals surface area (Å²) in [4.78, 5) is 5.50. The number of thiazole rings is 1. The molecule has 0 radical (unpaired) electrons. The van der Waals surface area contributed by atoms with Gasteiger partial charge in [-0.25, -0.2) is 4.98 Å². The lowest BCUT2D eigenvalue weighted by Gasteiger charge is -2.05. The van der Waals surface area contributed by atoms with Crippen LogP contribution in [0.1, 0.15) is 0 Å². The van der Waals surface area contributed by atoms with Crippen molar-refractivity contribution in [1.82, 2.24) is 9.55 Å². The van der Waals surface area contributed by atoms with Gasteiger partial charge >= 0.3 is 0 Å². The third kappa shape index (κ3) is 3.05. The number of hydrogen-bond donors (Lipinski definition) is 0. The van der Waals surface area contributed by atoms with E-state index in [1.807, 2.05) is 22.7 Å². The number of benzene rings is 6. The Balaban J connectivity index is 1.39. The van der Waals surface area contributed by atoms with Crippen LogP contribution in [0, 0.1) is 0 Å². The third-order valence-corrected chi connectivity index (χ3v) is 11.8. The molecule has 0 saturated heterocycles. The summed E-state index contributed by atoms with van der Waals surface area (Å²) in [5.41, 5.74) is 6.07. The zero-order valence-corrected chi connectivity index (χ0v) is 24.6. The molecule has 0 N–H and O–H groups in total. The minimum atomic E-state index is 1.01. The van der Waals surface area contributed by atoms with Crippen LogP contribution in [0.5, 0.6) is 0 Å². The first-order valence-corrected chi connectivity index (χ1v) is 16.4. The Morgan fingerprint density at radius 1 is 0.500 bits per heavy atom. The minimum Gasteiger partial charge on any atom is -0.285 e. The minimum absolute atomic E-state index is 1.01. The van der Waals surface area contributed by atoms with Crippen LogP contribution >= 0.6 is 34.0 Å². The zero-order valence-electron chi connectivity index (χ0n) is 22.2. The molecule has 0 fully saturated rings. The van der Waals surface area contributed by atoms with Gasteiger partial charge in [0.1, 0.15) is 0 Å². The standard InChI is InChI=1S/C37H20N2S3/c1-2-10-21(11-3-1)26-20-31-34(33-25-14-6-9-17-29(25)41-36(26)33)38-37(42-31)39-27-15-7-4-12-22(27)23-18-19-30-32(35(23)39)24-13-5-8-16-28(24)40-30/h1-20H. The maximum absolute atomic E-state index is 5.50. The summed E-state index contributed by atoms with van der Waals surface area (Å²) in [5.74, 6) is 0. The number of rotatable bonds is 2. The van der Waals surface area contributed by atoms with Crippen molar-refractivity contribution in [3.63, 3.8) is 0 Å². The molecule has 0 aliphatic heterocycles. The first-order valence-electron chi connectivity index (χ1n) is 14.0. The van der Waals surface area contributed by atoms with Gasteiger partial charge in [0.05, 0.1) is 21.3 Å². The Kier molecular flexibility index (Phi) is 4.66. The lowest BCUT2D eigenvalue weighted by atomic mass is 10.0. The third-order valence-electron chi connectivity index (χ3n) is 8.45. The molecular formula is C37H20N2S3. The van der Waals surface area contributed by atoms with Crippen LogP contribution in [-0.4, -0.2) is 9.55 Å². The van der Waals surface area contributed by atoms with E-state index in [9.17, 15) is 0 Å². The van der Waals surface area contributed by atoms with Gasteiger partial charge in [-0.1, -0.05) is 102 Å². The number of aromatic nitrogens is 2. The average Bonchev–Trinajstić information content (AvgIpc) is 3.80. The molecule has 0 atom stereocenters. The molecule has 0 saturated carbocycles. The van der Waals surface area contributed by atoms with Crippen LogP contribution in [0.4, 0.5) is 0 Å². The highest BCUT2D eigenvalue weighted by molar-refractivity contribution is 7.27. The molecule has 4 aromatic heterocycles. The van der Waals surface area contributed by atoms with Crippen molar-refractivity contribution in [3.8, 4) is 16.3 Å². The van der Waals surface area contributed by atoms with Crippen LogP contribution in [0.3, 0.4) is 0 Å². The number of fused-ring (bicyclic) bond motifs is 12. The van der Waals surface area contributed by atoms with Gasteiger partial charge in [-0.2, -0.15) is 0 Å². The lowest BCUT2D eigenvalue weighted by molar-refractivity contribution is 1.16. The van der Waals surface area contributed by atoms with Gasteiger partial charge in [0, 0.05) is 56.7 Å². The lowest BCUT2D eigenvalue weighted by Crippen LogP contribution is -1.93. The van der Waals surface area contributed by atoms with Crippen molar-refractivity contribution >= 4 is 106 Å². The fourth-order valence-electron chi connectivity index (χ4n) is 6.66. The van der Waals surface area contributed by atoms with Gasteiger partial charge in [0.15, 0.2) is 5.13 Å². The second-order valence-corrected chi connectivity index (χ2v) is 13.9. The number of para-hydroxylation sites is 1. The van der Waals surface area contributed by atoms with E-state index in [-0.39, 0.29) is 0 Å². The number of hydrogen-bond acceptors (Lipinski definition) is 4. The zero-order chi connectivity index (χ0) is 27.4. The average molecular weight is 589 g/mol. The summed E-state index contributed by atoms with van der Waals surface area (Å²) >= 11 is 5.54. The quantitative estimate of drug-likeness (QED) is 0.196. The van der Waals surface area contributed by atoms with Gasteiger partial charge in [-0.05, 0) is 35.9 Å². The van der Waals surface area contributed by atoms with E-state index >= 15 is 0 Å². The summed E-state index contributed by atoms with van der Waals surface area (Å²) in [6, 6.07) is 44.1. The first-order chi connectivity index (χ1) is 20.8. The summed E-state index contributed by atoms with van der Waals surface area (Å²) in [6.07, 6.45) is 0. The van der Waals surface area contributed by atoms with E-state index in [0.717, 1.165) is 10.6 Å². The second-order valence-electron chi connectivity index (χ2n) is 10.7. The number of thiophene rings is 2. The fourth-order valence-corrected chi connectivity index (χ4v) is 10.0. The van der Waals surface area contributed by atoms with Crippen LogP contribution in [0.2, 0.25) is 0 Å². The van der Waals surface area contributed by atoms with E-state index in [1.165, 1.54) is 78.0 Å². The molecule has 6 aromatic carbocycles. The van der Waals surface area contributed by atoms with Crippen molar-refractivity contribution in [1.29, 1.82) is 0 Å². The summed E-state index contributed by atoms with van der Waals surface area (Å²) in [7, 11) is 0. The molecule has 42 heavy (non-hydrogen) atoms. The molecule has 4 heterocycles. The summed E-state index contributed by atoms with van der Waals surface area (Å²) in [5, 5.41) is 8.73. The smallest absolute Gasteiger partial charge is 0.195 e. The molecule has 196 valence electrons. The van der Waals surface area contributed by atoms with Crippen molar-refractivity contribution < 1.29 is 0 Å². The highest BCUT2D eigenvalue weighted by atomic mass is 32.1.